The maximum atomic E-state index is 13.7. The van der Waals surface area contributed by atoms with E-state index in [1.807, 2.05) is 0 Å². The number of hydrogen-bond donors (Lipinski definition) is 1. The van der Waals surface area contributed by atoms with Gasteiger partial charge >= 0.3 is 0 Å². The van der Waals surface area contributed by atoms with E-state index in [9.17, 15) is 4.39 Å². The van der Waals surface area contributed by atoms with Gasteiger partial charge in [-0.1, -0.05) is 17.7 Å². The van der Waals surface area contributed by atoms with Gasteiger partial charge in [0.2, 0.25) is 0 Å². The third-order valence-electron chi connectivity index (χ3n) is 3.38. The van der Waals surface area contributed by atoms with E-state index in [-0.39, 0.29) is 5.82 Å². The molecular weight excluding hydrogens is 283 g/mol. The standard InChI is InChI=1S/C14H14ClFN2S/c15-10-3-1-4-11(16)9(10)7-14-18-13(8-19-14)12-5-2-6-17-12/h1,3-4,8,12,17H,2,5-7H2/t12-/m0/s1. The third kappa shape index (κ3) is 2.81. The molecule has 0 amide bonds. The monoisotopic (exact) mass is 296 g/mol. The van der Waals surface area contributed by atoms with E-state index in [4.69, 9.17) is 11.6 Å². The Balaban J connectivity index is 1.80. The molecule has 1 atom stereocenters. The molecule has 0 radical (unpaired) electrons. The van der Waals surface area contributed by atoms with Crippen LogP contribution in [-0.4, -0.2) is 11.5 Å². The molecule has 2 nitrogen and oxygen atoms in total. The zero-order chi connectivity index (χ0) is 13.2. The smallest absolute Gasteiger partial charge is 0.128 e. The molecule has 1 aliphatic rings. The van der Waals surface area contributed by atoms with Crippen LogP contribution in [0.4, 0.5) is 4.39 Å². The lowest BCUT2D eigenvalue weighted by molar-refractivity contribution is 0.612. The first kappa shape index (κ1) is 13.0. The zero-order valence-corrected chi connectivity index (χ0v) is 11.9. The summed E-state index contributed by atoms with van der Waals surface area (Å²) < 4.78 is 13.7. The van der Waals surface area contributed by atoms with E-state index >= 15 is 0 Å². The average molecular weight is 297 g/mol. The van der Waals surface area contributed by atoms with Crippen molar-refractivity contribution in [2.24, 2.45) is 0 Å². The van der Waals surface area contributed by atoms with Crippen molar-refractivity contribution < 1.29 is 4.39 Å². The molecule has 1 aliphatic heterocycles. The van der Waals surface area contributed by atoms with Crippen LogP contribution < -0.4 is 5.32 Å². The summed E-state index contributed by atoms with van der Waals surface area (Å²) in [5, 5.41) is 6.86. The lowest BCUT2D eigenvalue weighted by Crippen LogP contribution is -2.13. The molecule has 1 aromatic heterocycles. The molecule has 100 valence electrons. The van der Waals surface area contributed by atoms with Crippen molar-refractivity contribution in [2.75, 3.05) is 6.54 Å². The summed E-state index contributed by atoms with van der Waals surface area (Å²) in [6, 6.07) is 5.14. The summed E-state index contributed by atoms with van der Waals surface area (Å²) in [6.45, 7) is 1.05. The van der Waals surface area contributed by atoms with Crippen molar-refractivity contribution in [3.63, 3.8) is 0 Å². The van der Waals surface area contributed by atoms with Gasteiger partial charge in [0.15, 0.2) is 0 Å². The molecule has 2 heterocycles. The highest BCUT2D eigenvalue weighted by Crippen LogP contribution is 2.27. The van der Waals surface area contributed by atoms with Crippen molar-refractivity contribution in [1.29, 1.82) is 0 Å². The van der Waals surface area contributed by atoms with Crippen LogP contribution in [0.5, 0.6) is 0 Å². The van der Waals surface area contributed by atoms with Gasteiger partial charge in [-0.05, 0) is 31.5 Å². The Morgan fingerprint density at radius 3 is 3.11 bits per heavy atom. The largest absolute Gasteiger partial charge is 0.309 e. The number of halogens is 2. The third-order valence-corrected chi connectivity index (χ3v) is 4.60. The molecule has 0 saturated carbocycles. The van der Waals surface area contributed by atoms with Crippen molar-refractivity contribution in [2.45, 2.75) is 25.3 Å². The zero-order valence-electron chi connectivity index (χ0n) is 10.3. The number of aromatic nitrogens is 1. The van der Waals surface area contributed by atoms with Gasteiger partial charge in [-0.3, -0.25) is 0 Å². The Morgan fingerprint density at radius 2 is 2.37 bits per heavy atom. The molecule has 5 heteroatoms. The second-order valence-corrected chi connectivity index (χ2v) is 6.04. The molecule has 1 N–H and O–H groups in total. The van der Waals surface area contributed by atoms with Gasteiger partial charge in [-0.2, -0.15) is 0 Å². The summed E-state index contributed by atoms with van der Waals surface area (Å²) >= 11 is 7.61. The molecular formula is C14H14ClFN2S. The van der Waals surface area contributed by atoms with Crippen LogP contribution in [0.2, 0.25) is 5.02 Å². The highest BCUT2D eigenvalue weighted by Gasteiger charge is 2.19. The number of nitrogens with one attached hydrogen (secondary N) is 1. The first-order valence-corrected chi connectivity index (χ1v) is 7.60. The Bertz CT molecular complexity index is 558. The van der Waals surface area contributed by atoms with Crippen LogP contribution in [0.3, 0.4) is 0 Å². The maximum Gasteiger partial charge on any atom is 0.128 e. The SMILES string of the molecule is Fc1cccc(Cl)c1Cc1nc([C@@H]2CCCN2)cs1. The topological polar surface area (TPSA) is 24.9 Å². The summed E-state index contributed by atoms with van der Waals surface area (Å²) in [4.78, 5) is 4.60. The van der Waals surface area contributed by atoms with Gasteiger partial charge in [-0.25, -0.2) is 9.37 Å². The molecule has 1 fully saturated rings. The van der Waals surface area contributed by atoms with E-state index in [1.165, 1.54) is 12.5 Å². The fourth-order valence-electron chi connectivity index (χ4n) is 2.36. The lowest BCUT2D eigenvalue weighted by Gasteiger charge is -2.05. The second kappa shape index (κ2) is 5.57. The quantitative estimate of drug-likeness (QED) is 0.927. The molecule has 1 aromatic carbocycles. The molecule has 0 unspecified atom stereocenters. The number of hydrogen-bond acceptors (Lipinski definition) is 3. The Kier molecular flexibility index (Phi) is 3.82. The molecule has 3 rings (SSSR count). The van der Waals surface area contributed by atoms with Crippen molar-refractivity contribution in [3.05, 3.63) is 50.7 Å². The van der Waals surface area contributed by atoms with E-state index in [0.29, 0.717) is 23.0 Å². The summed E-state index contributed by atoms with van der Waals surface area (Å²) in [5.41, 5.74) is 1.61. The number of nitrogens with zero attached hydrogens (tertiary/aromatic N) is 1. The van der Waals surface area contributed by atoms with Crippen LogP contribution >= 0.6 is 22.9 Å². The maximum absolute atomic E-state index is 13.7. The highest BCUT2D eigenvalue weighted by atomic mass is 35.5. The summed E-state index contributed by atoms with van der Waals surface area (Å²) in [5.74, 6) is -0.261. The molecule has 2 aromatic rings. The predicted octanol–water partition coefficient (Wildman–Crippen LogP) is 3.95. The number of rotatable bonds is 3. The fourth-order valence-corrected chi connectivity index (χ4v) is 3.45. The van der Waals surface area contributed by atoms with Crippen molar-refractivity contribution >= 4 is 22.9 Å². The minimum Gasteiger partial charge on any atom is -0.309 e. The van der Waals surface area contributed by atoms with Crippen molar-refractivity contribution in [3.8, 4) is 0 Å². The van der Waals surface area contributed by atoms with Crippen LogP contribution in [-0.2, 0) is 6.42 Å². The first-order valence-electron chi connectivity index (χ1n) is 6.34. The minimum atomic E-state index is -0.261. The van der Waals surface area contributed by atoms with Gasteiger partial charge in [0.1, 0.15) is 5.82 Å². The van der Waals surface area contributed by atoms with E-state index in [2.05, 4.69) is 15.7 Å². The first-order chi connectivity index (χ1) is 9.24. The van der Waals surface area contributed by atoms with Gasteiger partial charge in [0.05, 0.1) is 16.7 Å². The lowest BCUT2D eigenvalue weighted by atomic mass is 10.1. The molecule has 0 aliphatic carbocycles. The van der Waals surface area contributed by atoms with Crippen LogP contribution in [0.15, 0.2) is 23.6 Å². The minimum absolute atomic E-state index is 0.261. The Morgan fingerprint density at radius 1 is 1.47 bits per heavy atom. The number of thiazole rings is 1. The van der Waals surface area contributed by atoms with Crippen LogP contribution in [0.1, 0.15) is 35.1 Å². The van der Waals surface area contributed by atoms with E-state index in [1.54, 1.807) is 23.5 Å². The second-order valence-electron chi connectivity index (χ2n) is 4.69. The Hall–Kier alpha value is -0.970. The van der Waals surface area contributed by atoms with E-state index in [0.717, 1.165) is 23.7 Å². The Labute approximate surface area is 120 Å². The molecule has 0 spiro atoms. The van der Waals surface area contributed by atoms with Gasteiger partial charge in [0.25, 0.3) is 0 Å². The molecule has 19 heavy (non-hydrogen) atoms. The van der Waals surface area contributed by atoms with Gasteiger partial charge in [-0.15, -0.1) is 11.3 Å². The normalized spacial score (nSPS) is 18.9. The number of benzene rings is 1. The molecule has 1 saturated heterocycles. The predicted molar refractivity (Wildman–Crippen MR) is 76.3 cm³/mol. The molecule has 0 bridgehead atoms. The highest BCUT2D eigenvalue weighted by molar-refractivity contribution is 7.09. The van der Waals surface area contributed by atoms with Gasteiger partial charge < -0.3 is 5.32 Å². The van der Waals surface area contributed by atoms with Crippen LogP contribution in [0.25, 0.3) is 0 Å². The van der Waals surface area contributed by atoms with Crippen LogP contribution in [0, 0.1) is 5.82 Å². The van der Waals surface area contributed by atoms with E-state index < -0.39 is 0 Å². The average Bonchev–Trinajstić information content (AvgIpc) is 3.04. The summed E-state index contributed by atoms with van der Waals surface area (Å²) in [7, 11) is 0. The summed E-state index contributed by atoms with van der Waals surface area (Å²) in [6.07, 6.45) is 2.78. The van der Waals surface area contributed by atoms with Crippen molar-refractivity contribution in [1.82, 2.24) is 10.3 Å². The van der Waals surface area contributed by atoms with Gasteiger partial charge in [0, 0.05) is 22.4 Å². The fraction of sp³-hybridized carbons (Fsp3) is 0.357.